The number of fused-ring (bicyclic) bond motifs is 1. The fraction of sp³-hybridized carbons (Fsp3) is 0.538. The van der Waals surface area contributed by atoms with Gasteiger partial charge in [-0.15, -0.1) is 23.2 Å². The van der Waals surface area contributed by atoms with E-state index in [1.165, 1.54) is 24.1 Å². The maximum atomic E-state index is 3.43. The zero-order chi connectivity index (χ0) is 10.5. The number of aryl methyl sites for hydroxylation is 2. The van der Waals surface area contributed by atoms with Crippen LogP contribution in [0, 0.1) is 11.8 Å². The minimum Gasteiger partial charge on any atom is -0.311 e. The van der Waals surface area contributed by atoms with Crippen LogP contribution in [0.5, 0.6) is 0 Å². The molecular formula is C13H17NS. The van der Waals surface area contributed by atoms with Crippen LogP contribution in [0.1, 0.15) is 35.1 Å². The summed E-state index contributed by atoms with van der Waals surface area (Å²) in [4.78, 5) is 3.12. The summed E-state index contributed by atoms with van der Waals surface area (Å²) >= 11 is 1.99. The van der Waals surface area contributed by atoms with Gasteiger partial charge >= 0.3 is 0 Å². The van der Waals surface area contributed by atoms with Crippen molar-refractivity contribution in [3.8, 4) is 11.8 Å². The lowest BCUT2D eigenvalue weighted by Crippen LogP contribution is -2.13. The van der Waals surface area contributed by atoms with Gasteiger partial charge < -0.3 is 5.32 Å². The molecule has 80 valence electrons. The lowest BCUT2D eigenvalue weighted by molar-refractivity contribution is 0.708. The van der Waals surface area contributed by atoms with Crippen LogP contribution < -0.4 is 5.32 Å². The van der Waals surface area contributed by atoms with Crippen LogP contribution in [0.25, 0.3) is 0 Å². The van der Waals surface area contributed by atoms with Crippen LogP contribution in [0.4, 0.5) is 0 Å². The second kappa shape index (κ2) is 5.34. The maximum Gasteiger partial charge on any atom is 0.0300 e. The van der Waals surface area contributed by atoms with Gasteiger partial charge in [0.1, 0.15) is 0 Å². The molecule has 1 heterocycles. The summed E-state index contributed by atoms with van der Waals surface area (Å²) in [7, 11) is 0. The summed E-state index contributed by atoms with van der Waals surface area (Å²) in [5.41, 5.74) is 1.60. The largest absolute Gasteiger partial charge is 0.311 e. The number of hydrogen-bond acceptors (Lipinski definition) is 2. The van der Waals surface area contributed by atoms with Crippen LogP contribution in [0.2, 0.25) is 0 Å². The summed E-state index contributed by atoms with van der Waals surface area (Å²) in [6.45, 7) is 3.91. The Hall–Kier alpha value is -0.780. The molecule has 0 unspecified atom stereocenters. The molecule has 0 atom stereocenters. The molecule has 0 aromatic carbocycles. The average molecular weight is 219 g/mol. The fourth-order valence-corrected chi connectivity index (χ4v) is 3.20. The molecule has 1 aromatic rings. The molecular weight excluding hydrogens is 202 g/mol. The Labute approximate surface area is 95.9 Å². The summed E-state index contributed by atoms with van der Waals surface area (Å²) in [6.07, 6.45) is 4.93. The summed E-state index contributed by atoms with van der Waals surface area (Å²) in [6, 6.07) is 2.38. The Morgan fingerprint density at radius 2 is 2.40 bits per heavy atom. The molecule has 0 amide bonds. The first-order valence-electron chi connectivity index (χ1n) is 5.61. The highest BCUT2D eigenvalue weighted by molar-refractivity contribution is 7.12. The van der Waals surface area contributed by atoms with Gasteiger partial charge in [0.2, 0.25) is 0 Å². The zero-order valence-corrected chi connectivity index (χ0v) is 10.0. The first kappa shape index (κ1) is 10.7. The molecule has 0 fully saturated rings. The first-order chi connectivity index (χ1) is 7.40. The van der Waals surface area contributed by atoms with Crippen LogP contribution in [-0.4, -0.2) is 6.54 Å². The first-order valence-corrected chi connectivity index (χ1v) is 6.42. The Morgan fingerprint density at radius 1 is 1.47 bits per heavy atom. The molecule has 0 bridgehead atoms. The molecule has 1 N–H and O–H groups in total. The molecule has 0 radical (unpaired) electrons. The van der Waals surface area contributed by atoms with Gasteiger partial charge in [0.25, 0.3) is 0 Å². The maximum absolute atomic E-state index is 3.43. The van der Waals surface area contributed by atoms with E-state index in [4.69, 9.17) is 0 Å². The van der Waals surface area contributed by atoms with Crippen molar-refractivity contribution >= 4 is 11.3 Å². The van der Waals surface area contributed by atoms with Gasteiger partial charge in [0, 0.05) is 29.3 Å². The van der Waals surface area contributed by atoms with Crippen molar-refractivity contribution in [1.82, 2.24) is 5.32 Å². The quantitative estimate of drug-likeness (QED) is 0.606. The minimum absolute atomic E-state index is 0.960. The Balaban J connectivity index is 1.76. The van der Waals surface area contributed by atoms with Crippen molar-refractivity contribution < 1.29 is 0 Å². The van der Waals surface area contributed by atoms with Crippen molar-refractivity contribution in [3.05, 3.63) is 21.4 Å². The number of nitrogens with one attached hydrogen (secondary N) is 1. The smallest absolute Gasteiger partial charge is 0.0300 e. The van der Waals surface area contributed by atoms with Crippen LogP contribution in [0.15, 0.2) is 6.07 Å². The molecule has 0 saturated heterocycles. The Bertz CT molecular complexity index is 359. The molecule has 0 saturated carbocycles. The lowest BCUT2D eigenvalue weighted by Gasteiger charge is -1.98. The van der Waals surface area contributed by atoms with Crippen molar-refractivity contribution in [2.45, 2.75) is 39.2 Å². The highest BCUT2D eigenvalue weighted by Gasteiger charge is 2.13. The molecule has 0 aliphatic heterocycles. The summed E-state index contributed by atoms with van der Waals surface area (Å²) in [5.74, 6) is 5.97. The lowest BCUT2D eigenvalue weighted by atomic mass is 10.2. The van der Waals surface area contributed by atoms with E-state index in [1.54, 1.807) is 10.4 Å². The predicted molar refractivity (Wildman–Crippen MR) is 66.1 cm³/mol. The SMILES string of the molecule is CC#CCCNCc1cc2c(s1)CCC2. The van der Waals surface area contributed by atoms with Crippen LogP contribution in [0.3, 0.4) is 0 Å². The Morgan fingerprint density at radius 3 is 3.20 bits per heavy atom. The third-order valence-electron chi connectivity index (χ3n) is 2.70. The number of hydrogen-bond donors (Lipinski definition) is 1. The average Bonchev–Trinajstić information content (AvgIpc) is 2.77. The molecule has 1 nitrogen and oxygen atoms in total. The van der Waals surface area contributed by atoms with E-state index in [2.05, 4.69) is 23.2 Å². The van der Waals surface area contributed by atoms with Gasteiger partial charge in [-0.2, -0.15) is 0 Å². The molecule has 1 aromatic heterocycles. The summed E-state index contributed by atoms with van der Waals surface area (Å²) in [5, 5.41) is 3.43. The highest BCUT2D eigenvalue weighted by Crippen LogP contribution is 2.30. The minimum atomic E-state index is 0.960. The highest BCUT2D eigenvalue weighted by atomic mass is 32.1. The molecule has 0 spiro atoms. The number of rotatable bonds is 4. The van der Waals surface area contributed by atoms with Crippen LogP contribution >= 0.6 is 11.3 Å². The van der Waals surface area contributed by atoms with Gasteiger partial charge in [-0.1, -0.05) is 0 Å². The molecule has 1 aliphatic carbocycles. The normalized spacial score (nSPS) is 13.4. The second-order valence-corrected chi connectivity index (χ2v) is 5.09. The van der Waals surface area contributed by atoms with E-state index >= 15 is 0 Å². The van der Waals surface area contributed by atoms with Gasteiger partial charge in [0.15, 0.2) is 0 Å². The molecule has 2 heteroatoms. The summed E-state index contributed by atoms with van der Waals surface area (Å²) < 4.78 is 0. The van der Waals surface area contributed by atoms with Gasteiger partial charge in [-0.05, 0) is 37.8 Å². The van der Waals surface area contributed by atoms with Crippen molar-refractivity contribution in [2.75, 3.05) is 6.54 Å². The van der Waals surface area contributed by atoms with Gasteiger partial charge in [0.05, 0.1) is 0 Å². The topological polar surface area (TPSA) is 12.0 Å². The van der Waals surface area contributed by atoms with E-state index < -0.39 is 0 Å². The van der Waals surface area contributed by atoms with E-state index in [-0.39, 0.29) is 0 Å². The third-order valence-corrected chi connectivity index (χ3v) is 3.94. The molecule has 15 heavy (non-hydrogen) atoms. The van der Waals surface area contributed by atoms with E-state index in [1.807, 2.05) is 18.3 Å². The predicted octanol–water partition coefficient (Wildman–Crippen LogP) is 2.74. The second-order valence-electron chi connectivity index (χ2n) is 3.87. The van der Waals surface area contributed by atoms with Crippen molar-refractivity contribution in [1.29, 1.82) is 0 Å². The van der Waals surface area contributed by atoms with Crippen molar-refractivity contribution in [3.63, 3.8) is 0 Å². The standard InChI is InChI=1S/C13H17NS/c1-2-3-4-8-14-10-12-9-11-6-5-7-13(11)15-12/h9,14H,4-8,10H2,1H3. The monoisotopic (exact) mass is 219 g/mol. The van der Waals surface area contributed by atoms with E-state index in [0.29, 0.717) is 0 Å². The van der Waals surface area contributed by atoms with Crippen LogP contribution in [-0.2, 0) is 19.4 Å². The Kier molecular flexibility index (Phi) is 3.82. The third kappa shape index (κ3) is 2.84. The number of thiophene rings is 1. The van der Waals surface area contributed by atoms with E-state index in [9.17, 15) is 0 Å². The van der Waals surface area contributed by atoms with Crippen molar-refractivity contribution in [2.24, 2.45) is 0 Å². The van der Waals surface area contributed by atoms with Gasteiger partial charge in [-0.25, -0.2) is 0 Å². The molecule has 2 rings (SSSR count). The fourth-order valence-electron chi connectivity index (χ4n) is 1.97. The van der Waals surface area contributed by atoms with E-state index in [0.717, 1.165) is 19.5 Å². The van der Waals surface area contributed by atoms with Gasteiger partial charge in [-0.3, -0.25) is 0 Å². The zero-order valence-electron chi connectivity index (χ0n) is 9.23. The molecule has 1 aliphatic rings.